The van der Waals surface area contributed by atoms with Crippen molar-refractivity contribution in [2.45, 2.75) is 70.9 Å². The van der Waals surface area contributed by atoms with Crippen molar-refractivity contribution < 1.29 is 24.2 Å². The molecule has 0 saturated heterocycles. The summed E-state index contributed by atoms with van der Waals surface area (Å²) in [5.41, 5.74) is 9.44. The molecule has 224 valence electrons. The second-order valence-corrected chi connectivity index (χ2v) is 12.6. The lowest BCUT2D eigenvalue weighted by atomic mass is 10.0. The number of carbonyl (C=O) groups excluding carboxylic acids is 2. The minimum atomic E-state index is -1.23. The normalized spacial score (nSPS) is 12.5. The van der Waals surface area contributed by atoms with Gasteiger partial charge in [-0.15, -0.1) is 22.7 Å². The van der Waals surface area contributed by atoms with Crippen molar-refractivity contribution in [3.63, 3.8) is 0 Å². The number of carbonyl (C=O) groups is 3. The lowest BCUT2D eigenvalue weighted by molar-refractivity contribution is -0.135. The van der Waals surface area contributed by atoms with Crippen molar-refractivity contribution in [2.24, 2.45) is 5.11 Å². The van der Waals surface area contributed by atoms with Crippen LogP contribution in [0.4, 0.5) is 9.59 Å². The summed E-state index contributed by atoms with van der Waals surface area (Å²) in [5.74, 6) is -0.431. The molecule has 2 heterocycles. The third-order valence-corrected chi connectivity index (χ3v) is 7.83. The van der Waals surface area contributed by atoms with Crippen LogP contribution in [0.5, 0.6) is 0 Å². The van der Waals surface area contributed by atoms with Crippen LogP contribution in [-0.2, 0) is 29.2 Å². The van der Waals surface area contributed by atoms with Crippen LogP contribution in [0, 0.1) is 0 Å². The molecule has 11 nitrogen and oxygen atoms in total. The highest BCUT2D eigenvalue weighted by atomic mass is 32.1. The first kappa shape index (κ1) is 32.5. The van der Waals surface area contributed by atoms with Crippen LogP contribution in [0.1, 0.15) is 48.9 Å². The first-order chi connectivity index (χ1) is 20.1. The van der Waals surface area contributed by atoms with Gasteiger partial charge in [-0.2, -0.15) is 0 Å². The molecule has 0 radical (unpaired) electrons. The van der Waals surface area contributed by atoms with Crippen LogP contribution < -0.4 is 5.32 Å². The van der Waals surface area contributed by atoms with Gasteiger partial charge in [0.05, 0.1) is 19.1 Å². The van der Waals surface area contributed by atoms with E-state index in [1.807, 2.05) is 65.4 Å². The summed E-state index contributed by atoms with van der Waals surface area (Å²) in [6.07, 6.45) is -1.46. The molecule has 3 amide bonds. The molecule has 1 unspecified atom stereocenters. The van der Waals surface area contributed by atoms with Crippen molar-refractivity contribution in [3.05, 3.63) is 91.1 Å². The van der Waals surface area contributed by atoms with Crippen LogP contribution in [0.2, 0.25) is 0 Å². The maximum absolute atomic E-state index is 14.1. The summed E-state index contributed by atoms with van der Waals surface area (Å²) >= 11 is 3.02. The summed E-state index contributed by atoms with van der Waals surface area (Å²) in [6, 6.07) is 14.6. The molecule has 13 heteroatoms. The number of ether oxygens (including phenoxy) is 1. The molecule has 1 aromatic carbocycles. The van der Waals surface area contributed by atoms with Crippen molar-refractivity contribution in [3.8, 4) is 0 Å². The van der Waals surface area contributed by atoms with E-state index >= 15 is 0 Å². The smallest absolute Gasteiger partial charge is 0.408 e. The largest absolute Gasteiger partial charge is 0.465 e. The van der Waals surface area contributed by atoms with E-state index in [1.165, 1.54) is 27.6 Å². The van der Waals surface area contributed by atoms with Crippen LogP contribution in [0.15, 0.2) is 70.5 Å². The molecule has 0 spiro atoms. The monoisotopic (exact) mass is 612 g/mol. The van der Waals surface area contributed by atoms with Gasteiger partial charge < -0.3 is 25.0 Å². The summed E-state index contributed by atoms with van der Waals surface area (Å²) in [6.45, 7) is 6.06. The Morgan fingerprint density at radius 3 is 2.10 bits per heavy atom. The molecule has 2 atom stereocenters. The number of hydrogen-bond donors (Lipinski definition) is 2. The fraction of sp³-hybridized carbons (Fsp3) is 0.414. The van der Waals surface area contributed by atoms with Crippen molar-refractivity contribution >= 4 is 40.8 Å². The molecular formula is C29H36N6O5S2. The van der Waals surface area contributed by atoms with Gasteiger partial charge in [0.2, 0.25) is 5.91 Å². The maximum atomic E-state index is 14.1. The third kappa shape index (κ3) is 10.7. The lowest BCUT2D eigenvalue weighted by Gasteiger charge is -2.31. The van der Waals surface area contributed by atoms with Crippen LogP contribution in [0.3, 0.4) is 0 Å². The SMILES string of the molecule is CC(C)(C)OC(=O)N[C@H](C(=O)N(Cc1cccs1)Cc1cccs1)C(CCCN(Cc1ccccc1)C(=O)O)N=[N+]=[N-]. The number of nitrogens with zero attached hydrogens (tertiary/aromatic N) is 5. The molecular weight excluding hydrogens is 576 g/mol. The van der Waals surface area contributed by atoms with E-state index in [0.717, 1.165) is 15.3 Å². The van der Waals surface area contributed by atoms with Gasteiger partial charge in [-0.3, -0.25) is 4.79 Å². The van der Waals surface area contributed by atoms with Gasteiger partial charge in [0.1, 0.15) is 11.6 Å². The van der Waals surface area contributed by atoms with E-state index in [9.17, 15) is 25.0 Å². The average Bonchev–Trinajstić information content (AvgIpc) is 3.64. The highest BCUT2D eigenvalue weighted by Crippen LogP contribution is 2.21. The van der Waals surface area contributed by atoms with Crippen molar-refractivity contribution in [2.75, 3.05) is 6.54 Å². The van der Waals surface area contributed by atoms with Gasteiger partial charge in [-0.1, -0.05) is 47.6 Å². The topological polar surface area (TPSA) is 148 Å². The van der Waals surface area contributed by atoms with E-state index in [-0.39, 0.29) is 19.5 Å². The van der Waals surface area contributed by atoms with Gasteiger partial charge in [-0.05, 0) is 67.6 Å². The number of amides is 3. The fourth-order valence-corrected chi connectivity index (χ4v) is 5.68. The number of alkyl carbamates (subject to hydrolysis) is 1. The molecule has 0 aliphatic rings. The summed E-state index contributed by atoms with van der Waals surface area (Å²) in [4.78, 5) is 46.7. The molecule has 0 saturated carbocycles. The van der Waals surface area contributed by atoms with Crippen molar-refractivity contribution in [1.82, 2.24) is 15.1 Å². The number of carboxylic acid groups (broad SMARTS) is 1. The minimum absolute atomic E-state index is 0.142. The lowest BCUT2D eigenvalue weighted by Crippen LogP contribution is -2.54. The number of hydrogen-bond acceptors (Lipinski definition) is 7. The Hall–Kier alpha value is -4.06. The Morgan fingerprint density at radius 1 is 0.976 bits per heavy atom. The van der Waals surface area contributed by atoms with E-state index in [1.54, 1.807) is 25.7 Å². The van der Waals surface area contributed by atoms with E-state index in [2.05, 4.69) is 15.3 Å². The van der Waals surface area contributed by atoms with E-state index in [4.69, 9.17) is 4.74 Å². The number of thiophene rings is 2. The molecule has 42 heavy (non-hydrogen) atoms. The highest BCUT2D eigenvalue weighted by Gasteiger charge is 2.34. The number of rotatable bonds is 14. The summed E-state index contributed by atoms with van der Waals surface area (Å²) < 4.78 is 5.44. The number of nitrogens with one attached hydrogen (secondary N) is 1. The molecule has 2 N–H and O–H groups in total. The Morgan fingerprint density at radius 2 is 1.60 bits per heavy atom. The molecule has 3 rings (SSSR count). The van der Waals surface area contributed by atoms with Crippen molar-refractivity contribution in [1.29, 1.82) is 0 Å². The fourth-order valence-electron chi connectivity index (χ4n) is 4.24. The van der Waals surface area contributed by atoms with Crippen LogP contribution >= 0.6 is 22.7 Å². The Balaban J connectivity index is 1.84. The molecule has 0 fully saturated rings. The number of benzene rings is 1. The first-order valence-corrected chi connectivity index (χ1v) is 15.2. The standard InChI is InChI=1S/C29H36N6O5S2/c1-29(2,3)40-27(37)31-25(26(36)35(19-22-12-8-16-41-22)20-23-13-9-17-42-23)24(32-33-30)14-7-15-34(28(38)39)18-21-10-5-4-6-11-21/h4-6,8-13,16-17,24-25H,7,14-15,18-20H2,1-3H3,(H,31,37)(H,38,39)/t24?,25-/m0/s1. The molecule has 0 bridgehead atoms. The zero-order chi connectivity index (χ0) is 30.5. The molecule has 0 aliphatic carbocycles. The van der Waals surface area contributed by atoms with Gasteiger partial charge >= 0.3 is 12.2 Å². The zero-order valence-electron chi connectivity index (χ0n) is 23.9. The molecule has 3 aromatic rings. The Labute approximate surface area is 253 Å². The average molecular weight is 613 g/mol. The minimum Gasteiger partial charge on any atom is -0.465 e. The van der Waals surface area contributed by atoms with E-state index < -0.39 is 35.8 Å². The van der Waals surface area contributed by atoms with Gasteiger partial charge in [0.15, 0.2) is 0 Å². The highest BCUT2D eigenvalue weighted by molar-refractivity contribution is 7.10. The van der Waals surface area contributed by atoms with Gasteiger partial charge in [-0.25, -0.2) is 9.59 Å². The third-order valence-electron chi connectivity index (χ3n) is 6.10. The summed E-state index contributed by atoms with van der Waals surface area (Å²) in [5, 5.41) is 20.2. The second kappa shape index (κ2) is 15.8. The van der Waals surface area contributed by atoms with Gasteiger partial charge in [0.25, 0.3) is 0 Å². The Bertz CT molecular complexity index is 1290. The molecule has 0 aliphatic heterocycles. The zero-order valence-corrected chi connectivity index (χ0v) is 25.5. The first-order valence-electron chi connectivity index (χ1n) is 13.4. The molecule has 2 aromatic heterocycles. The second-order valence-electron chi connectivity index (χ2n) is 10.6. The van der Waals surface area contributed by atoms with Gasteiger partial charge in [0, 0.05) is 27.8 Å². The van der Waals surface area contributed by atoms with E-state index in [0.29, 0.717) is 19.5 Å². The predicted octanol–water partition coefficient (Wildman–Crippen LogP) is 6.87. The van der Waals surface area contributed by atoms with Crippen LogP contribution in [-0.4, -0.2) is 57.2 Å². The maximum Gasteiger partial charge on any atom is 0.408 e. The van der Waals surface area contributed by atoms with Crippen LogP contribution in [0.25, 0.3) is 10.4 Å². The Kier molecular flexibility index (Phi) is 12.2. The number of azide groups is 1. The quantitative estimate of drug-likeness (QED) is 0.116. The summed E-state index contributed by atoms with van der Waals surface area (Å²) in [7, 11) is 0. The predicted molar refractivity (Wildman–Crippen MR) is 163 cm³/mol.